The van der Waals surface area contributed by atoms with E-state index in [-0.39, 0.29) is 17.3 Å². The van der Waals surface area contributed by atoms with Crippen LogP contribution in [0.3, 0.4) is 0 Å². The van der Waals surface area contributed by atoms with E-state index < -0.39 is 6.09 Å². The first kappa shape index (κ1) is 10.3. The van der Waals surface area contributed by atoms with Crippen LogP contribution < -0.4 is 5.32 Å². The van der Waals surface area contributed by atoms with Crippen LogP contribution >= 0.6 is 15.9 Å². The first-order valence-corrected chi connectivity index (χ1v) is 5.09. The highest BCUT2D eigenvalue weighted by molar-refractivity contribution is 9.09. The van der Waals surface area contributed by atoms with Gasteiger partial charge in [-0.25, -0.2) is 4.79 Å². The molecule has 1 aliphatic heterocycles. The molecule has 0 aromatic rings. The van der Waals surface area contributed by atoms with Crippen LogP contribution in [0.5, 0.6) is 0 Å². The van der Waals surface area contributed by atoms with Crippen molar-refractivity contribution in [1.82, 2.24) is 10.2 Å². The topological polar surface area (TPSA) is 69.6 Å². The van der Waals surface area contributed by atoms with Gasteiger partial charge in [-0.15, -0.1) is 0 Å². The molecule has 0 spiro atoms. The van der Waals surface area contributed by atoms with Crippen LogP contribution in [0.1, 0.15) is 6.42 Å². The van der Waals surface area contributed by atoms with Crippen LogP contribution in [-0.4, -0.2) is 46.5 Å². The highest BCUT2D eigenvalue weighted by Gasteiger charge is 2.26. The number of nitrogens with zero attached hydrogens (tertiary/aromatic N) is 1. The summed E-state index contributed by atoms with van der Waals surface area (Å²) in [7, 11) is 0. The minimum Gasteiger partial charge on any atom is -0.465 e. The number of likely N-dealkylation sites (tertiary alicyclic amines) is 1. The molecular formula is C7H11BrN2O3. The lowest BCUT2D eigenvalue weighted by Crippen LogP contribution is -2.38. The average molecular weight is 251 g/mol. The number of alkyl halides is 1. The summed E-state index contributed by atoms with van der Waals surface area (Å²) in [6, 6.07) is -0.0267. The second kappa shape index (κ2) is 4.45. The lowest BCUT2D eigenvalue weighted by atomic mass is 10.3. The second-order valence-corrected chi connectivity index (χ2v) is 3.48. The van der Waals surface area contributed by atoms with E-state index in [1.807, 2.05) is 0 Å². The van der Waals surface area contributed by atoms with Crippen molar-refractivity contribution in [1.29, 1.82) is 0 Å². The zero-order valence-electron chi connectivity index (χ0n) is 6.99. The highest BCUT2D eigenvalue weighted by Crippen LogP contribution is 2.08. The Morgan fingerprint density at radius 2 is 2.31 bits per heavy atom. The molecule has 74 valence electrons. The fourth-order valence-corrected chi connectivity index (χ4v) is 1.48. The van der Waals surface area contributed by atoms with E-state index in [4.69, 9.17) is 5.11 Å². The Kier molecular flexibility index (Phi) is 3.53. The molecule has 1 saturated heterocycles. The van der Waals surface area contributed by atoms with E-state index in [2.05, 4.69) is 21.2 Å². The SMILES string of the molecule is O=C(CBr)N[C@@H]1CCN(C(=O)O)C1. The number of carbonyl (C=O) groups is 2. The van der Waals surface area contributed by atoms with Gasteiger partial charge in [0.25, 0.3) is 0 Å². The fraction of sp³-hybridized carbons (Fsp3) is 0.714. The lowest BCUT2D eigenvalue weighted by Gasteiger charge is -2.12. The zero-order chi connectivity index (χ0) is 9.84. The van der Waals surface area contributed by atoms with Gasteiger partial charge in [0.2, 0.25) is 5.91 Å². The standard InChI is InChI=1S/C7H11BrN2O3/c8-3-6(11)9-5-1-2-10(4-5)7(12)13/h5H,1-4H2,(H,9,11)(H,12,13)/t5-/m1/s1. The Morgan fingerprint density at radius 1 is 1.62 bits per heavy atom. The van der Waals surface area contributed by atoms with E-state index in [1.54, 1.807) is 0 Å². The summed E-state index contributed by atoms with van der Waals surface area (Å²) >= 11 is 3.02. The Bertz CT molecular complexity index is 222. The van der Waals surface area contributed by atoms with Gasteiger partial charge in [0.05, 0.1) is 5.33 Å². The molecule has 6 heteroatoms. The first-order chi connectivity index (χ1) is 6.13. The molecule has 1 heterocycles. The molecule has 1 fully saturated rings. The van der Waals surface area contributed by atoms with Gasteiger partial charge in [-0.3, -0.25) is 4.79 Å². The number of nitrogens with one attached hydrogen (secondary N) is 1. The van der Waals surface area contributed by atoms with Gasteiger partial charge in [-0.2, -0.15) is 0 Å². The van der Waals surface area contributed by atoms with Crippen molar-refractivity contribution in [2.75, 3.05) is 18.4 Å². The van der Waals surface area contributed by atoms with Gasteiger partial charge in [-0.1, -0.05) is 15.9 Å². The maximum atomic E-state index is 10.9. The van der Waals surface area contributed by atoms with Crippen molar-refractivity contribution in [2.24, 2.45) is 0 Å². The fourth-order valence-electron chi connectivity index (χ4n) is 1.32. The van der Waals surface area contributed by atoms with E-state index in [0.717, 1.165) is 0 Å². The van der Waals surface area contributed by atoms with Crippen LogP contribution in [0.4, 0.5) is 4.79 Å². The van der Waals surface area contributed by atoms with Gasteiger partial charge < -0.3 is 15.3 Å². The summed E-state index contributed by atoms with van der Waals surface area (Å²) < 4.78 is 0. The molecular weight excluding hydrogens is 240 g/mol. The normalized spacial score (nSPS) is 21.6. The number of amides is 2. The molecule has 0 unspecified atom stereocenters. The van der Waals surface area contributed by atoms with Crippen molar-refractivity contribution in [3.05, 3.63) is 0 Å². The third kappa shape index (κ3) is 2.87. The third-order valence-corrected chi connectivity index (χ3v) is 2.45. The maximum absolute atomic E-state index is 10.9. The zero-order valence-corrected chi connectivity index (χ0v) is 8.58. The molecule has 1 atom stereocenters. The molecule has 0 aliphatic carbocycles. The Balaban J connectivity index is 2.33. The van der Waals surface area contributed by atoms with E-state index in [9.17, 15) is 9.59 Å². The minimum absolute atomic E-state index is 0.0267. The number of carboxylic acid groups (broad SMARTS) is 1. The Morgan fingerprint density at radius 3 is 2.77 bits per heavy atom. The van der Waals surface area contributed by atoms with Crippen LogP contribution in [0.2, 0.25) is 0 Å². The molecule has 0 saturated carbocycles. The molecule has 13 heavy (non-hydrogen) atoms. The largest absolute Gasteiger partial charge is 0.465 e. The summed E-state index contributed by atoms with van der Waals surface area (Å²) in [5.41, 5.74) is 0. The quantitative estimate of drug-likeness (QED) is 0.691. The summed E-state index contributed by atoms with van der Waals surface area (Å²) in [5.74, 6) is -0.0998. The summed E-state index contributed by atoms with van der Waals surface area (Å²) in [6.45, 7) is 0.899. The van der Waals surface area contributed by atoms with Crippen LogP contribution in [0, 0.1) is 0 Å². The van der Waals surface area contributed by atoms with Crippen molar-refractivity contribution in [3.8, 4) is 0 Å². The van der Waals surface area contributed by atoms with Gasteiger partial charge in [-0.05, 0) is 6.42 Å². The van der Waals surface area contributed by atoms with Gasteiger partial charge in [0.15, 0.2) is 0 Å². The van der Waals surface area contributed by atoms with E-state index in [0.29, 0.717) is 19.5 Å². The summed E-state index contributed by atoms with van der Waals surface area (Å²) in [4.78, 5) is 22.7. The van der Waals surface area contributed by atoms with E-state index >= 15 is 0 Å². The predicted molar refractivity (Wildman–Crippen MR) is 49.9 cm³/mol. The molecule has 2 N–H and O–H groups in total. The Labute approximate surface area is 84.2 Å². The van der Waals surface area contributed by atoms with Crippen molar-refractivity contribution < 1.29 is 14.7 Å². The monoisotopic (exact) mass is 250 g/mol. The highest BCUT2D eigenvalue weighted by atomic mass is 79.9. The van der Waals surface area contributed by atoms with Gasteiger partial charge >= 0.3 is 6.09 Å². The molecule has 0 bridgehead atoms. The molecule has 5 nitrogen and oxygen atoms in total. The van der Waals surface area contributed by atoms with Crippen LogP contribution in [-0.2, 0) is 4.79 Å². The number of rotatable bonds is 2. The minimum atomic E-state index is -0.921. The van der Waals surface area contributed by atoms with Crippen LogP contribution in [0.15, 0.2) is 0 Å². The molecule has 1 rings (SSSR count). The lowest BCUT2D eigenvalue weighted by molar-refractivity contribution is -0.119. The predicted octanol–water partition coefficient (Wildman–Crippen LogP) is 0.250. The Hall–Kier alpha value is -0.780. The first-order valence-electron chi connectivity index (χ1n) is 3.96. The maximum Gasteiger partial charge on any atom is 0.407 e. The second-order valence-electron chi connectivity index (χ2n) is 2.92. The number of halogens is 1. The average Bonchev–Trinajstić information content (AvgIpc) is 2.52. The van der Waals surface area contributed by atoms with Gasteiger partial charge in [0, 0.05) is 19.1 Å². The van der Waals surface area contributed by atoms with Crippen LogP contribution in [0.25, 0.3) is 0 Å². The molecule has 1 aliphatic rings. The molecule has 0 aromatic heterocycles. The number of hydrogen-bond acceptors (Lipinski definition) is 2. The number of carbonyl (C=O) groups excluding carboxylic acids is 1. The van der Waals surface area contributed by atoms with E-state index in [1.165, 1.54) is 4.90 Å². The molecule has 0 radical (unpaired) electrons. The molecule has 2 amide bonds. The van der Waals surface area contributed by atoms with Crippen molar-refractivity contribution >= 4 is 27.9 Å². The summed E-state index contributed by atoms with van der Waals surface area (Å²) in [5, 5.41) is 11.6. The number of hydrogen-bond donors (Lipinski definition) is 2. The molecule has 0 aromatic carbocycles. The summed E-state index contributed by atoms with van der Waals surface area (Å²) in [6.07, 6.45) is -0.221. The van der Waals surface area contributed by atoms with Crippen molar-refractivity contribution in [3.63, 3.8) is 0 Å². The third-order valence-electron chi connectivity index (χ3n) is 1.95. The van der Waals surface area contributed by atoms with Gasteiger partial charge in [0.1, 0.15) is 0 Å². The van der Waals surface area contributed by atoms with Crippen molar-refractivity contribution in [2.45, 2.75) is 12.5 Å². The smallest absolute Gasteiger partial charge is 0.407 e.